The fourth-order valence-electron chi connectivity index (χ4n) is 1.19. The molecule has 0 aromatic rings. The average molecular weight is 141 g/mol. The number of hydrogen-bond donors (Lipinski definition) is 1. The third-order valence-electron chi connectivity index (χ3n) is 1.75. The number of allylic oxidation sites excluding steroid dienone is 3. The molecule has 0 aromatic carbocycles. The number of halogens is 1. The Morgan fingerprint density at radius 1 is 1.60 bits per heavy atom. The molecule has 0 amide bonds. The van der Waals surface area contributed by atoms with Crippen molar-refractivity contribution in [3.8, 4) is 0 Å². The topological polar surface area (TPSA) is 26.0 Å². The minimum absolute atomic E-state index is 0.0648. The van der Waals surface area contributed by atoms with Crippen LogP contribution in [0, 0.1) is 5.92 Å². The zero-order chi connectivity index (χ0) is 7.72. The molecule has 0 heterocycles. The summed E-state index contributed by atoms with van der Waals surface area (Å²) in [5, 5.41) is 0. The van der Waals surface area contributed by atoms with Gasteiger partial charge in [-0.15, -0.1) is 0 Å². The molecule has 1 unspecified atom stereocenters. The maximum Gasteiger partial charge on any atom is 0.127 e. The van der Waals surface area contributed by atoms with Crippen LogP contribution in [0.15, 0.2) is 23.4 Å². The Balaban J connectivity index is 2.85. The van der Waals surface area contributed by atoms with Crippen LogP contribution in [0.25, 0.3) is 0 Å². The summed E-state index contributed by atoms with van der Waals surface area (Å²) in [6.07, 6.45) is 2.59. The normalized spacial score (nSPS) is 33.1. The van der Waals surface area contributed by atoms with Crippen molar-refractivity contribution in [1.82, 2.24) is 0 Å². The van der Waals surface area contributed by atoms with Gasteiger partial charge in [-0.3, -0.25) is 0 Å². The van der Waals surface area contributed by atoms with E-state index in [4.69, 9.17) is 5.73 Å². The van der Waals surface area contributed by atoms with Crippen molar-refractivity contribution >= 4 is 0 Å². The van der Waals surface area contributed by atoms with Crippen LogP contribution in [0.5, 0.6) is 0 Å². The van der Waals surface area contributed by atoms with Gasteiger partial charge in [-0.25, -0.2) is 4.39 Å². The van der Waals surface area contributed by atoms with Crippen LogP contribution in [-0.4, -0.2) is 6.17 Å². The smallest absolute Gasteiger partial charge is 0.127 e. The molecular weight excluding hydrogens is 129 g/mol. The first-order chi connectivity index (χ1) is 4.61. The lowest BCUT2D eigenvalue weighted by atomic mass is 9.93. The van der Waals surface area contributed by atoms with E-state index in [9.17, 15) is 4.39 Å². The first kappa shape index (κ1) is 7.32. The van der Waals surface area contributed by atoms with Crippen molar-refractivity contribution in [2.75, 3.05) is 0 Å². The molecule has 0 aromatic heterocycles. The molecule has 1 nitrogen and oxygen atoms in total. The zero-order valence-corrected chi connectivity index (χ0v) is 6.26. The number of nitrogens with two attached hydrogens (primary N) is 1. The summed E-state index contributed by atoms with van der Waals surface area (Å²) in [4.78, 5) is 0. The zero-order valence-electron chi connectivity index (χ0n) is 6.26. The molecule has 0 bridgehead atoms. The second-order valence-electron chi connectivity index (χ2n) is 2.82. The molecule has 0 saturated heterocycles. The molecule has 0 fully saturated rings. The van der Waals surface area contributed by atoms with Gasteiger partial charge in [0.25, 0.3) is 0 Å². The van der Waals surface area contributed by atoms with Crippen LogP contribution in [0.4, 0.5) is 4.39 Å². The summed E-state index contributed by atoms with van der Waals surface area (Å²) in [5.41, 5.74) is 6.90. The number of rotatable bonds is 0. The van der Waals surface area contributed by atoms with E-state index >= 15 is 0 Å². The van der Waals surface area contributed by atoms with Gasteiger partial charge in [-0.1, -0.05) is 13.0 Å². The fraction of sp³-hybridized carbons (Fsp3) is 0.500. The summed E-state index contributed by atoms with van der Waals surface area (Å²) in [6.45, 7) is 3.59. The van der Waals surface area contributed by atoms with Gasteiger partial charge in [0.1, 0.15) is 6.17 Å². The molecule has 2 heteroatoms. The molecule has 0 spiro atoms. The third kappa shape index (κ3) is 1.20. The Kier molecular flexibility index (Phi) is 1.79. The third-order valence-corrected chi connectivity index (χ3v) is 1.75. The fourth-order valence-corrected chi connectivity index (χ4v) is 1.19. The molecular formula is C8H12FN. The Bertz CT molecular complexity index is 193. The minimum Gasteiger partial charge on any atom is -0.399 e. The molecule has 56 valence electrons. The monoisotopic (exact) mass is 141 g/mol. The van der Waals surface area contributed by atoms with Crippen LogP contribution in [0.3, 0.4) is 0 Å². The maximum absolute atomic E-state index is 13.0. The van der Waals surface area contributed by atoms with E-state index < -0.39 is 6.17 Å². The molecule has 2 atom stereocenters. The van der Waals surface area contributed by atoms with Gasteiger partial charge >= 0.3 is 0 Å². The number of hydrogen-bond acceptors (Lipinski definition) is 1. The van der Waals surface area contributed by atoms with Gasteiger partial charge in [-0.05, 0) is 18.6 Å². The molecule has 0 saturated carbocycles. The van der Waals surface area contributed by atoms with Crippen LogP contribution in [0.2, 0.25) is 0 Å². The van der Waals surface area contributed by atoms with E-state index in [2.05, 4.69) is 0 Å². The van der Waals surface area contributed by atoms with Gasteiger partial charge in [0, 0.05) is 11.6 Å². The lowest BCUT2D eigenvalue weighted by molar-refractivity contribution is 0.315. The second kappa shape index (κ2) is 2.45. The molecule has 10 heavy (non-hydrogen) atoms. The summed E-state index contributed by atoms with van der Waals surface area (Å²) in [5.74, 6) is -0.0648. The van der Waals surface area contributed by atoms with Gasteiger partial charge in [0.15, 0.2) is 0 Å². The molecule has 1 aliphatic rings. The maximum atomic E-state index is 13.0. The SMILES string of the molecule is CC1=CC(N)=CC(C)[C@@H]1F. The van der Waals surface area contributed by atoms with E-state index in [0.717, 1.165) is 5.57 Å². The van der Waals surface area contributed by atoms with Crippen molar-refractivity contribution in [2.24, 2.45) is 11.7 Å². The van der Waals surface area contributed by atoms with Gasteiger partial charge in [0.2, 0.25) is 0 Å². The first-order valence-electron chi connectivity index (χ1n) is 3.41. The Labute approximate surface area is 60.4 Å². The highest BCUT2D eigenvalue weighted by molar-refractivity contribution is 5.28. The van der Waals surface area contributed by atoms with Gasteiger partial charge in [0.05, 0.1) is 0 Å². The largest absolute Gasteiger partial charge is 0.399 e. The molecule has 2 N–H and O–H groups in total. The Hall–Kier alpha value is -0.790. The van der Waals surface area contributed by atoms with E-state index in [1.54, 1.807) is 19.1 Å². The Morgan fingerprint density at radius 3 is 2.70 bits per heavy atom. The molecule has 1 aliphatic carbocycles. The summed E-state index contributed by atoms with van der Waals surface area (Å²) >= 11 is 0. The van der Waals surface area contributed by atoms with Crippen LogP contribution in [0.1, 0.15) is 13.8 Å². The lowest BCUT2D eigenvalue weighted by Gasteiger charge is -2.18. The molecule has 0 radical (unpaired) electrons. The average Bonchev–Trinajstić information content (AvgIpc) is 1.82. The standard InChI is InChI=1S/C8H12FN/c1-5-3-7(10)4-6(2)8(5)9/h3-5,8H,10H2,1-2H3/t5?,8-/m0/s1. The van der Waals surface area contributed by atoms with Crippen molar-refractivity contribution < 1.29 is 4.39 Å². The van der Waals surface area contributed by atoms with Crippen molar-refractivity contribution in [3.63, 3.8) is 0 Å². The van der Waals surface area contributed by atoms with Crippen molar-refractivity contribution in [3.05, 3.63) is 23.4 Å². The number of alkyl halides is 1. The molecule has 1 rings (SSSR count). The van der Waals surface area contributed by atoms with E-state index in [0.29, 0.717) is 5.70 Å². The highest BCUT2D eigenvalue weighted by Gasteiger charge is 2.19. The summed E-state index contributed by atoms with van der Waals surface area (Å²) < 4.78 is 13.0. The Morgan fingerprint density at radius 2 is 2.20 bits per heavy atom. The lowest BCUT2D eigenvalue weighted by Crippen LogP contribution is -2.18. The van der Waals surface area contributed by atoms with E-state index in [1.165, 1.54) is 0 Å². The van der Waals surface area contributed by atoms with Crippen molar-refractivity contribution in [1.29, 1.82) is 0 Å². The highest BCUT2D eigenvalue weighted by atomic mass is 19.1. The minimum atomic E-state index is -0.840. The predicted molar refractivity (Wildman–Crippen MR) is 40.1 cm³/mol. The van der Waals surface area contributed by atoms with E-state index in [-0.39, 0.29) is 5.92 Å². The second-order valence-corrected chi connectivity index (χ2v) is 2.82. The predicted octanol–water partition coefficient (Wildman–Crippen LogP) is 1.76. The van der Waals surface area contributed by atoms with Crippen LogP contribution in [-0.2, 0) is 0 Å². The van der Waals surface area contributed by atoms with Crippen LogP contribution < -0.4 is 5.73 Å². The van der Waals surface area contributed by atoms with Gasteiger partial charge in [-0.2, -0.15) is 0 Å². The highest BCUT2D eigenvalue weighted by Crippen LogP contribution is 2.23. The summed E-state index contributed by atoms with van der Waals surface area (Å²) in [7, 11) is 0. The quantitative estimate of drug-likeness (QED) is 0.546. The van der Waals surface area contributed by atoms with Gasteiger partial charge < -0.3 is 5.73 Å². The summed E-state index contributed by atoms with van der Waals surface area (Å²) in [6, 6.07) is 0. The molecule has 0 aliphatic heterocycles. The first-order valence-corrected chi connectivity index (χ1v) is 3.41. The van der Waals surface area contributed by atoms with E-state index in [1.807, 2.05) is 6.92 Å². The van der Waals surface area contributed by atoms with Crippen LogP contribution >= 0.6 is 0 Å². The van der Waals surface area contributed by atoms with Crippen molar-refractivity contribution in [2.45, 2.75) is 20.0 Å².